The first-order chi connectivity index (χ1) is 19.9. The predicted octanol–water partition coefficient (Wildman–Crippen LogP) is 3.96. The van der Waals surface area contributed by atoms with E-state index in [4.69, 9.17) is 18.9 Å². The van der Waals surface area contributed by atoms with Gasteiger partial charge in [-0.15, -0.1) is 11.3 Å². The fourth-order valence-corrected chi connectivity index (χ4v) is 5.24. The zero-order chi connectivity index (χ0) is 29.2. The standard InChI is InChI=1S/C30H35N3O7S/c1-4-39-22-12-10-21(11-13-22)33(27(34)19-32-29(35)26-8-6-16-41-26)28(30(36)31-18-23-7-5-15-40-23)20-9-14-24(37-2)25(17-20)38-3/h6,8-14,16-17,23,28H,4-5,7,15,18-19H2,1-3H3,(H,31,36)(H,32,35)/t23-,28+/m1/s1. The Kier molecular flexibility index (Phi) is 10.6. The highest BCUT2D eigenvalue weighted by atomic mass is 32.1. The van der Waals surface area contributed by atoms with Gasteiger partial charge in [0.25, 0.3) is 5.91 Å². The maximum absolute atomic E-state index is 13.9. The van der Waals surface area contributed by atoms with Crippen molar-refractivity contribution in [1.82, 2.24) is 10.6 Å². The molecular weight excluding hydrogens is 546 g/mol. The number of benzene rings is 2. The van der Waals surface area contributed by atoms with E-state index in [0.717, 1.165) is 12.8 Å². The quantitative estimate of drug-likeness (QED) is 0.314. The third kappa shape index (κ3) is 7.56. The van der Waals surface area contributed by atoms with E-state index in [-0.39, 0.29) is 18.6 Å². The zero-order valence-corrected chi connectivity index (χ0v) is 24.2. The zero-order valence-electron chi connectivity index (χ0n) is 23.4. The van der Waals surface area contributed by atoms with E-state index in [2.05, 4.69) is 10.6 Å². The molecule has 3 amide bonds. The lowest BCUT2D eigenvalue weighted by Crippen LogP contribution is -2.48. The molecule has 11 heteroatoms. The average Bonchev–Trinajstić information content (AvgIpc) is 3.73. The molecule has 1 aromatic heterocycles. The van der Waals surface area contributed by atoms with Gasteiger partial charge in [0.15, 0.2) is 11.5 Å². The molecule has 1 saturated heterocycles. The molecule has 2 heterocycles. The van der Waals surface area contributed by atoms with Gasteiger partial charge in [0.2, 0.25) is 11.8 Å². The second-order valence-corrected chi connectivity index (χ2v) is 10.2. The van der Waals surface area contributed by atoms with E-state index in [1.54, 1.807) is 60.0 Å². The van der Waals surface area contributed by atoms with Crippen LogP contribution in [-0.4, -0.2) is 64.3 Å². The van der Waals surface area contributed by atoms with Gasteiger partial charge in [0.1, 0.15) is 11.8 Å². The molecule has 4 rings (SSSR count). The van der Waals surface area contributed by atoms with Crippen LogP contribution in [0.3, 0.4) is 0 Å². The highest BCUT2D eigenvalue weighted by Gasteiger charge is 2.34. The molecule has 0 saturated carbocycles. The maximum atomic E-state index is 13.9. The lowest BCUT2D eigenvalue weighted by molar-refractivity contribution is -0.126. The van der Waals surface area contributed by atoms with Gasteiger partial charge in [0, 0.05) is 18.8 Å². The monoisotopic (exact) mass is 581 g/mol. The third-order valence-electron chi connectivity index (χ3n) is 6.60. The number of hydrogen-bond donors (Lipinski definition) is 2. The summed E-state index contributed by atoms with van der Waals surface area (Å²) < 4.78 is 22.2. The molecule has 2 N–H and O–H groups in total. The van der Waals surface area contributed by atoms with Crippen LogP contribution in [0.1, 0.15) is 41.0 Å². The summed E-state index contributed by atoms with van der Waals surface area (Å²) in [6.45, 7) is 3.00. The Balaban J connectivity index is 1.72. The number of amides is 3. The Labute approximate surface area is 243 Å². The second-order valence-electron chi connectivity index (χ2n) is 9.25. The van der Waals surface area contributed by atoms with Crippen LogP contribution < -0.4 is 29.7 Å². The molecule has 41 heavy (non-hydrogen) atoms. The number of ether oxygens (including phenoxy) is 4. The molecule has 0 spiro atoms. The topological polar surface area (TPSA) is 115 Å². The van der Waals surface area contributed by atoms with Crippen LogP contribution in [-0.2, 0) is 14.3 Å². The SMILES string of the molecule is CCOc1ccc(N(C(=O)CNC(=O)c2cccs2)[C@H](C(=O)NC[C@H]2CCCO2)c2ccc(OC)c(OC)c2)cc1. The van der Waals surface area contributed by atoms with E-state index in [0.29, 0.717) is 53.1 Å². The van der Waals surface area contributed by atoms with Crippen LogP contribution in [0.2, 0.25) is 0 Å². The molecule has 0 bridgehead atoms. The summed E-state index contributed by atoms with van der Waals surface area (Å²) in [5.74, 6) is 0.264. The summed E-state index contributed by atoms with van der Waals surface area (Å²) in [5, 5.41) is 7.45. The molecule has 10 nitrogen and oxygen atoms in total. The number of thiophene rings is 1. The average molecular weight is 582 g/mol. The number of nitrogens with zero attached hydrogens (tertiary/aromatic N) is 1. The fraction of sp³-hybridized carbons (Fsp3) is 0.367. The summed E-state index contributed by atoms with van der Waals surface area (Å²) in [5.41, 5.74) is 0.954. The van der Waals surface area contributed by atoms with Gasteiger partial charge in [-0.25, -0.2) is 0 Å². The van der Waals surface area contributed by atoms with Crippen LogP contribution in [0.25, 0.3) is 0 Å². The normalized spacial score (nSPS) is 15.0. The van der Waals surface area contributed by atoms with Gasteiger partial charge in [-0.1, -0.05) is 12.1 Å². The minimum atomic E-state index is -1.10. The Morgan fingerprint density at radius 1 is 1.05 bits per heavy atom. The van der Waals surface area contributed by atoms with E-state index >= 15 is 0 Å². The number of hydrogen-bond acceptors (Lipinski definition) is 8. The van der Waals surface area contributed by atoms with Crippen LogP contribution in [0.5, 0.6) is 17.2 Å². The molecule has 0 aliphatic carbocycles. The van der Waals surface area contributed by atoms with Crippen molar-refractivity contribution in [2.45, 2.75) is 31.9 Å². The van der Waals surface area contributed by atoms with Gasteiger partial charge >= 0.3 is 0 Å². The predicted molar refractivity (Wildman–Crippen MR) is 156 cm³/mol. The molecule has 0 unspecified atom stereocenters. The van der Waals surface area contributed by atoms with E-state index in [1.165, 1.54) is 30.5 Å². The molecule has 3 aromatic rings. The summed E-state index contributed by atoms with van der Waals surface area (Å²) >= 11 is 1.28. The van der Waals surface area contributed by atoms with E-state index in [1.807, 2.05) is 6.92 Å². The number of carbonyl (C=O) groups excluding carboxylic acids is 3. The molecule has 1 fully saturated rings. The number of anilines is 1. The third-order valence-corrected chi connectivity index (χ3v) is 7.47. The van der Waals surface area contributed by atoms with Gasteiger partial charge in [-0.2, -0.15) is 0 Å². The van der Waals surface area contributed by atoms with Crippen molar-refractivity contribution >= 4 is 34.7 Å². The van der Waals surface area contributed by atoms with Gasteiger partial charge < -0.3 is 29.6 Å². The van der Waals surface area contributed by atoms with Crippen molar-refractivity contribution in [2.75, 3.05) is 45.4 Å². The lowest BCUT2D eigenvalue weighted by atomic mass is 10.0. The number of rotatable bonds is 13. The summed E-state index contributed by atoms with van der Waals surface area (Å²) in [7, 11) is 3.03. The first kappa shape index (κ1) is 29.9. The summed E-state index contributed by atoms with van der Waals surface area (Å²) in [6, 6.07) is 14.3. The molecule has 218 valence electrons. The molecule has 0 radical (unpaired) electrons. The number of nitrogens with one attached hydrogen (secondary N) is 2. The maximum Gasteiger partial charge on any atom is 0.261 e. The highest BCUT2D eigenvalue weighted by Crippen LogP contribution is 2.35. The van der Waals surface area contributed by atoms with Gasteiger partial charge in [-0.05, 0) is 73.2 Å². The number of carbonyl (C=O) groups is 3. The Morgan fingerprint density at radius 3 is 2.46 bits per heavy atom. The summed E-state index contributed by atoms with van der Waals surface area (Å²) in [4.78, 5) is 42.4. The smallest absolute Gasteiger partial charge is 0.261 e. The van der Waals surface area contributed by atoms with E-state index in [9.17, 15) is 14.4 Å². The molecule has 1 aliphatic rings. The summed E-state index contributed by atoms with van der Waals surface area (Å²) in [6.07, 6.45) is 1.68. The molecule has 2 atom stereocenters. The van der Waals surface area contributed by atoms with Gasteiger partial charge in [0.05, 0.1) is 38.4 Å². The first-order valence-electron chi connectivity index (χ1n) is 13.4. The van der Waals surface area contributed by atoms with Crippen LogP contribution >= 0.6 is 11.3 Å². The van der Waals surface area contributed by atoms with Crippen molar-refractivity contribution < 1.29 is 33.3 Å². The minimum Gasteiger partial charge on any atom is -0.494 e. The second kappa shape index (κ2) is 14.5. The molecule has 2 aromatic carbocycles. The number of methoxy groups -OCH3 is 2. The van der Waals surface area contributed by atoms with Gasteiger partial charge in [-0.3, -0.25) is 19.3 Å². The van der Waals surface area contributed by atoms with Crippen molar-refractivity contribution in [2.24, 2.45) is 0 Å². The Hall–Kier alpha value is -4.09. The Bertz CT molecular complexity index is 1310. The first-order valence-corrected chi connectivity index (χ1v) is 14.3. The largest absolute Gasteiger partial charge is 0.494 e. The van der Waals surface area contributed by atoms with Crippen LogP contribution in [0.15, 0.2) is 60.0 Å². The fourth-order valence-electron chi connectivity index (χ4n) is 4.60. The van der Waals surface area contributed by atoms with Crippen molar-refractivity contribution in [1.29, 1.82) is 0 Å². The van der Waals surface area contributed by atoms with Crippen LogP contribution in [0.4, 0.5) is 5.69 Å². The Morgan fingerprint density at radius 2 is 1.83 bits per heavy atom. The molecule has 1 aliphatic heterocycles. The van der Waals surface area contributed by atoms with Crippen molar-refractivity contribution in [3.05, 3.63) is 70.4 Å². The minimum absolute atomic E-state index is 0.0929. The van der Waals surface area contributed by atoms with Crippen molar-refractivity contribution in [3.8, 4) is 17.2 Å². The molecular formula is C30H35N3O7S. The van der Waals surface area contributed by atoms with E-state index < -0.39 is 17.9 Å². The highest BCUT2D eigenvalue weighted by molar-refractivity contribution is 7.12. The van der Waals surface area contributed by atoms with Crippen LogP contribution in [0, 0.1) is 0 Å². The lowest BCUT2D eigenvalue weighted by Gasteiger charge is -2.32. The van der Waals surface area contributed by atoms with Crippen molar-refractivity contribution in [3.63, 3.8) is 0 Å².